The highest BCUT2D eigenvalue weighted by molar-refractivity contribution is 5.05. The van der Waals surface area contributed by atoms with Crippen molar-refractivity contribution in [3.8, 4) is 0 Å². The third-order valence-corrected chi connectivity index (χ3v) is 4.12. The van der Waals surface area contributed by atoms with Crippen molar-refractivity contribution in [1.29, 1.82) is 0 Å². The van der Waals surface area contributed by atoms with Gasteiger partial charge < -0.3 is 0 Å². The van der Waals surface area contributed by atoms with Crippen LogP contribution in [-0.2, 0) is 13.0 Å². The van der Waals surface area contributed by atoms with E-state index < -0.39 is 0 Å². The summed E-state index contributed by atoms with van der Waals surface area (Å²) < 4.78 is 1.94. The smallest absolute Gasteiger partial charge is 0.0827 e. The van der Waals surface area contributed by atoms with Gasteiger partial charge in [0.05, 0.1) is 12.2 Å². The van der Waals surface area contributed by atoms with Crippen molar-refractivity contribution in [2.45, 2.75) is 86.1 Å². The second kappa shape index (κ2) is 11.8. The van der Waals surface area contributed by atoms with Crippen molar-refractivity contribution in [2.24, 2.45) is 0 Å². The summed E-state index contributed by atoms with van der Waals surface area (Å²) in [6.45, 7) is 11.8. The Morgan fingerprint density at radius 3 is 2.33 bits per heavy atom. The Labute approximate surface area is 148 Å². The minimum absolute atomic E-state index is 0.828. The Kier molecular flexibility index (Phi) is 10.1. The number of allylic oxidation sites excluding steroid dienone is 6. The topological polar surface area (TPSA) is 30.7 Å². The summed E-state index contributed by atoms with van der Waals surface area (Å²) in [5, 5.41) is 8.43. The zero-order chi connectivity index (χ0) is 17.8. The molecule has 3 nitrogen and oxygen atoms in total. The molecule has 134 valence electrons. The van der Waals surface area contributed by atoms with Crippen LogP contribution in [0.3, 0.4) is 0 Å². The monoisotopic (exact) mass is 329 g/mol. The number of rotatable bonds is 11. The summed E-state index contributed by atoms with van der Waals surface area (Å²) in [6.07, 6.45) is 17.1. The van der Waals surface area contributed by atoms with Crippen molar-refractivity contribution in [1.82, 2.24) is 15.0 Å². The molecule has 0 aliphatic carbocycles. The molecule has 0 spiro atoms. The fourth-order valence-electron chi connectivity index (χ4n) is 2.49. The molecule has 0 amide bonds. The minimum Gasteiger partial charge on any atom is -0.248 e. The van der Waals surface area contributed by atoms with Gasteiger partial charge in [-0.1, -0.05) is 53.5 Å². The summed E-state index contributed by atoms with van der Waals surface area (Å²) in [7, 11) is 0. The largest absolute Gasteiger partial charge is 0.248 e. The maximum atomic E-state index is 4.23. The number of hydrogen-bond acceptors (Lipinski definition) is 2. The van der Waals surface area contributed by atoms with Crippen molar-refractivity contribution in [3.63, 3.8) is 0 Å². The molecule has 0 fully saturated rings. The molecule has 0 atom stereocenters. The Morgan fingerprint density at radius 1 is 1.00 bits per heavy atom. The summed E-state index contributed by atoms with van der Waals surface area (Å²) in [5.74, 6) is 0. The van der Waals surface area contributed by atoms with Gasteiger partial charge in [-0.3, -0.25) is 0 Å². The Bertz CT molecular complexity index is 557. The average molecular weight is 330 g/mol. The SMILES string of the molecule is CCCCc1cn(C/C=C(\C)CC/C=C(\C)CCC=C(C)C)nn1. The Morgan fingerprint density at radius 2 is 1.67 bits per heavy atom. The van der Waals surface area contributed by atoms with E-state index in [1.165, 1.54) is 36.0 Å². The molecule has 0 aromatic carbocycles. The van der Waals surface area contributed by atoms with Gasteiger partial charge in [-0.25, -0.2) is 4.68 Å². The van der Waals surface area contributed by atoms with Gasteiger partial charge in [-0.05, 0) is 66.2 Å². The van der Waals surface area contributed by atoms with E-state index in [1.807, 2.05) is 4.68 Å². The standard InChI is InChI=1S/C21H35N3/c1-6-7-14-21-17-24(23-22-21)16-15-20(5)13-9-12-19(4)11-8-10-18(2)3/h10,12,15,17H,6-9,11,13-14,16H2,1-5H3/b19-12+,20-15+. The first-order valence-electron chi connectivity index (χ1n) is 9.35. The van der Waals surface area contributed by atoms with E-state index in [2.05, 4.69) is 69.4 Å². The van der Waals surface area contributed by atoms with Crippen molar-refractivity contribution >= 4 is 0 Å². The van der Waals surface area contributed by atoms with Gasteiger partial charge in [0.15, 0.2) is 0 Å². The van der Waals surface area contributed by atoms with Gasteiger partial charge in [0.25, 0.3) is 0 Å². The predicted molar refractivity (Wildman–Crippen MR) is 104 cm³/mol. The molecule has 0 aliphatic rings. The molecular weight excluding hydrogens is 294 g/mol. The maximum absolute atomic E-state index is 4.23. The number of aryl methyl sites for hydroxylation is 1. The van der Waals surface area contributed by atoms with Gasteiger partial charge in [0.1, 0.15) is 0 Å². The third-order valence-electron chi connectivity index (χ3n) is 4.12. The molecule has 1 heterocycles. The maximum Gasteiger partial charge on any atom is 0.0827 e. The number of nitrogens with zero attached hydrogens (tertiary/aromatic N) is 3. The normalized spacial score (nSPS) is 12.5. The van der Waals surface area contributed by atoms with E-state index in [0.29, 0.717) is 0 Å². The van der Waals surface area contributed by atoms with Gasteiger partial charge in [0, 0.05) is 6.20 Å². The fourth-order valence-corrected chi connectivity index (χ4v) is 2.49. The van der Waals surface area contributed by atoms with E-state index >= 15 is 0 Å². The van der Waals surface area contributed by atoms with E-state index in [1.54, 1.807) is 0 Å². The van der Waals surface area contributed by atoms with Crippen LogP contribution in [0.2, 0.25) is 0 Å². The van der Waals surface area contributed by atoms with Crippen LogP contribution in [0.25, 0.3) is 0 Å². The molecule has 1 aromatic rings. The molecule has 1 rings (SSSR count). The molecule has 0 radical (unpaired) electrons. The lowest BCUT2D eigenvalue weighted by Gasteiger charge is -2.02. The number of aromatic nitrogens is 3. The molecule has 1 aromatic heterocycles. The Hall–Kier alpha value is -1.64. The Balaban J connectivity index is 2.31. The van der Waals surface area contributed by atoms with Gasteiger partial charge >= 0.3 is 0 Å². The lowest BCUT2D eigenvalue weighted by molar-refractivity contribution is 0.656. The lowest BCUT2D eigenvalue weighted by atomic mass is 10.1. The highest BCUT2D eigenvalue weighted by atomic mass is 15.4. The van der Waals surface area contributed by atoms with Crippen LogP contribution in [0.4, 0.5) is 0 Å². The number of unbranched alkanes of at least 4 members (excludes halogenated alkanes) is 1. The van der Waals surface area contributed by atoms with Gasteiger partial charge in [-0.15, -0.1) is 5.10 Å². The summed E-state index contributed by atoms with van der Waals surface area (Å²) in [5.41, 5.74) is 5.44. The second-order valence-electron chi connectivity index (χ2n) is 7.00. The van der Waals surface area contributed by atoms with Crippen LogP contribution < -0.4 is 0 Å². The first kappa shape index (κ1) is 20.4. The average Bonchev–Trinajstić information content (AvgIpc) is 2.98. The second-order valence-corrected chi connectivity index (χ2v) is 7.00. The molecule has 0 N–H and O–H groups in total. The van der Waals surface area contributed by atoms with E-state index in [-0.39, 0.29) is 0 Å². The zero-order valence-electron chi connectivity index (χ0n) is 16.3. The van der Waals surface area contributed by atoms with Gasteiger partial charge in [-0.2, -0.15) is 0 Å². The minimum atomic E-state index is 0.828. The highest BCUT2D eigenvalue weighted by Gasteiger charge is 1.99. The van der Waals surface area contributed by atoms with Crippen LogP contribution >= 0.6 is 0 Å². The molecule has 0 bridgehead atoms. The molecular formula is C21H35N3. The molecule has 3 heteroatoms. The quantitative estimate of drug-likeness (QED) is 0.463. The van der Waals surface area contributed by atoms with E-state index in [9.17, 15) is 0 Å². The van der Waals surface area contributed by atoms with Crippen molar-refractivity contribution < 1.29 is 0 Å². The summed E-state index contributed by atoms with van der Waals surface area (Å²) in [4.78, 5) is 0. The third kappa shape index (κ3) is 9.49. The molecule has 24 heavy (non-hydrogen) atoms. The highest BCUT2D eigenvalue weighted by Crippen LogP contribution is 2.11. The van der Waals surface area contributed by atoms with E-state index in [4.69, 9.17) is 0 Å². The molecule has 0 aliphatic heterocycles. The van der Waals surface area contributed by atoms with Crippen LogP contribution in [0.15, 0.2) is 41.1 Å². The van der Waals surface area contributed by atoms with Crippen molar-refractivity contribution in [2.75, 3.05) is 0 Å². The van der Waals surface area contributed by atoms with Crippen LogP contribution in [0.1, 0.15) is 78.8 Å². The van der Waals surface area contributed by atoms with Crippen LogP contribution in [0, 0.1) is 0 Å². The first-order valence-corrected chi connectivity index (χ1v) is 9.35. The van der Waals surface area contributed by atoms with Crippen molar-refractivity contribution in [3.05, 3.63) is 46.8 Å². The summed E-state index contributed by atoms with van der Waals surface area (Å²) in [6, 6.07) is 0. The lowest BCUT2D eigenvalue weighted by Crippen LogP contribution is -1.96. The van der Waals surface area contributed by atoms with Crippen LogP contribution in [-0.4, -0.2) is 15.0 Å². The number of hydrogen-bond donors (Lipinski definition) is 0. The first-order chi connectivity index (χ1) is 11.5. The van der Waals surface area contributed by atoms with Crippen LogP contribution in [0.5, 0.6) is 0 Å². The molecule has 0 saturated carbocycles. The molecule has 0 saturated heterocycles. The summed E-state index contributed by atoms with van der Waals surface area (Å²) >= 11 is 0. The molecule has 0 unspecified atom stereocenters. The van der Waals surface area contributed by atoms with Gasteiger partial charge in [0.2, 0.25) is 0 Å². The zero-order valence-corrected chi connectivity index (χ0v) is 16.3. The fraction of sp³-hybridized carbons (Fsp3) is 0.619. The van der Waals surface area contributed by atoms with E-state index in [0.717, 1.165) is 37.9 Å². The predicted octanol–water partition coefficient (Wildman–Crippen LogP) is 6.04.